The number of H-pyrrole nitrogens is 1. The van der Waals surface area contributed by atoms with Crippen LogP contribution < -0.4 is 9.47 Å². The van der Waals surface area contributed by atoms with Gasteiger partial charge in [0.05, 0.1) is 22.5 Å². The molecular formula is C28H22N2O5. The van der Waals surface area contributed by atoms with E-state index in [9.17, 15) is 9.59 Å². The molecule has 0 unspecified atom stereocenters. The molecule has 2 aromatic heterocycles. The molecule has 6 rings (SSSR count). The monoisotopic (exact) mass is 466 g/mol. The number of hydrogen-bond donors (Lipinski definition) is 1. The molecule has 7 heteroatoms. The van der Waals surface area contributed by atoms with E-state index in [1.807, 2.05) is 42.5 Å². The summed E-state index contributed by atoms with van der Waals surface area (Å²) in [5, 5.41) is 0.730. The van der Waals surface area contributed by atoms with Crippen molar-refractivity contribution in [2.45, 2.75) is 19.3 Å². The first kappa shape index (κ1) is 21.2. The maximum atomic E-state index is 13.3. The second-order valence-corrected chi connectivity index (χ2v) is 8.55. The van der Waals surface area contributed by atoms with Crippen molar-refractivity contribution in [2.75, 3.05) is 13.4 Å². The first-order valence-corrected chi connectivity index (χ1v) is 11.5. The zero-order chi connectivity index (χ0) is 23.8. The molecule has 1 aliphatic carbocycles. The van der Waals surface area contributed by atoms with E-state index in [2.05, 4.69) is 11.1 Å². The molecule has 0 radical (unpaired) electrons. The first-order chi connectivity index (χ1) is 17.2. The zero-order valence-corrected chi connectivity index (χ0v) is 18.9. The summed E-state index contributed by atoms with van der Waals surface area (Å²) in [5.41, 5.74) is 5.30. The van der Waals surface area contributed by atoms with Crippen LogP contribution in [0.25, 0.3) is 22.6 Å². The number of rotatable bonds is 5. The second-order valence-electron chi connectivity index (χ2n) is 8.55. The van der Waals surface area contributed by atoms with Gasteiger partial charge < -0.3 is 19.2 Å². The fourth-order valence-corrected chi connectivity index (χ4v) is 4.70. The number of nitrogens with zero attached hydrogens (tertiary/aromatic N) is 1. The lowest BCUT2D eigenvalue weighted by Crippen LogP contribution is -2.18. The predicted octanol–water partition coefficient (Wildman–Crippen LogP) is 5.21. The van der Waals surface area contributed by atoms with Crippen molar-refractivity contribution in [1.82, 2.24) is 9.97 Å². The normalized spacial score (nSPS) is 15.3. The molecule has 1 aliphatic heterocycles. The summed E-state index contributed by atoms with van der Waals surface area (Å²) in [5.74, 6) is 0.667. The van der Waals surface area contributed by atoms with E-state index in [0.717, 1.165) is 52.1 Å². The van der Waals surface area contributed by atoms with Crippen LogP contribution in [0, 0.1) is 0 Å². The van der Waals surface area contributed by atoms with Crippen LogP contribution in [-0.4, -0.2) is 35.1 Å². The highest BCUT2D eigenvalue weighted by Gasteiger charge is 2.26. The van der Waals surface area contributed by atoms with Gasteiger partial charge in [0.15, 0.2) is 18.1 Å². The van der Waals surface area contributed by atoms with Crippen molar-refractivity contribution in [3.05, 3.63) is 88.9 Å². The molecule has 2 aliphatic rings. The minimum absolute atomic E-state index is 0.226. The quantitative estimate of drug-likeness (QED) is 0.321. The Balaban J connectivity index is 1.39. The Morgan fingerprint density at radius 3 is 2.80 bits per heavy atom. The van der Waals surface area contributed by atoms with E-state index >= 15 is 0 Å². The molecule has 0 amide bonds. The van der Waals surface area contributed by atoms with Crippen LogP contribution in [0.3, 0.4) is 0 Å². The minimum atomic E-state index is -0.510. The molecule has 2 aromatic carbocycles. The average Bonchev–Trinajstić information content (AvgIpc) is 3.58. The molecule has 3 heterocycles. The number of carbonyl (C=O) groups excluding carboxylic acids is 2. The summed E-state index contributed by atoms with van der Waals surface area (Å²) in [6.07, 6.45) is 6.18. The first-order valence-electron chi connectivity index (χ1n) is 11.5. The third-order valence-electron chi connectivity index (χ3n) is 6.34. The molecule has 0 saturated heterocycles. The summed E-state index contributed by atoms with van der Waals surface area (Å²) < 4.78 is 16.4. The topological polar surface area (TPSA) is 90.5 Å². The smallest absolute Gasteiger partial charge is 0.339 e. The van der Waals surface area contributed by atoms with E-state index in [1.165, 1.54) is 0 Å². The maximum absolute atomic E-state index is 13.3. The molecule has 0 spiro atoms. The standard InChI is InChI=1S/C28H22N2O5/c31-23(22-9-4-12-29-22)15-33-28(32)26-19-6-1-2-8-21(19)30-27-18(5-3-7-20(26)27)13-17-10-11-24-25(14-17)35-16-34-24/h1-2,4,6,8-14,29H,3,5,7,15-16H2. The summed E-state index contributed by atoms with van der Waals surface area (Å²) in [6, 6.07) is 16.8. The van der Waals surface area contributed by atoms with Crippen LogP contribution in [-0.2, 0) is 11.2 Å². The van der Waals surface area contributed by atoms with E-state index in [0.29, 0.717) is 23.2 Å². The summed E-state index contributed by atoms with van der Waals surface area (Å²) in [4.78, 5) is 33.5. The fraction of sp³-hybridized carbons (Fsp3) is 0.179. The lowest BCUT2D eigenvalue weighted by atomic mass is 9.86. The molecular weight excluding hydrogens is 444 g/mol. The lowest BCUT2D eigenvalue weighted by molar-refractivity contribution is 0.0474. The van der Waals surface area contributed by atoms with Gasteiger partial charge in [0.2, 0.25) is 12.6 Å². The maximum Gasteiger partial charge on any atom is 0.339 e. The number of pyridine rings is 1. The predicted molar refractivity (Wildman–Crippen MR) is 131 cm³/mol. The largest absolute Gasteiger partial charge is 0.454 e. The van der Waals surface area contributed by atoms with E-state index in [4.69, 9.17) is 19.2 Å². The van der Waals surface area contributed by atoms with E-state index < -0.39 is 5.97 Å². The number of esters is 1. The van der Waals surface area contributed by atoms with Crippen LogP contribution >= 0.6 is 0 Å². The van der Waals surface area contributed by atoms with Crippen molar-refractivity contribution < 1.29 is 23.8 Å². The number of hydrogen-bond acceptors (Lipinski definition) is 6. The molecule has 7 nitrogen and oxygen atoms in total. The van der Waals surface area contributed by atoms with Gasteiger partial charge >= 0.3 is 5.97 Å². The third-order valence-corrected chi connectivity index (χ3v) is 6.34. The van der Waals surface area contributed by atoms with Gasteiger partial charge in [-0.05, 0) is 72.4 Å². The zero-order valence-electron chi connectivity index (χ0n) is 18.9. The molecule has 0 bridgehead atoms. The van der Waals surface area contributed by atoms with Crippen molar-refractivity contribution >= 4 is 34.3 Å². The van der Waals surface area contributed by atoms with Crippen LogP contribution in [0.2, 0.25) is 0 Å². The van der Waals surface area contributed by atoms with Crippen molar-refractivity contribution in [3.8, 4) is 11.5 Å². The molecule has 0 saturated carbocycles. The number of benzene rings is 2. The van der Waals surface area contributed by atoms with Gasteiger partial charge in [0, 0.05) is 11.6 Å². The number of aromatic amines is 1. The van der Waals surface area contributed by atoms with Gasteiger partial charge in [-0.15, -0.1) is 0 Å². The summed E-state index contributed by atoms with van der Waals surface area (Å²) in [7, 11) is 0. The Hall–Kier alpha value is -4.39. The molecule has 0 atom stereocenters. The highest BCUT2D eigenvalue weighted by molar-refractivity contribution is 6.07. The third kappa shape index (κ3) is 3.95. The Morgan fingerprint density at radius 2 is 1.91 bits per heavy atom. The van der Waals surface area contributed by atoms with Gasteiger partial charge in [-0.25, -0.2) is 9.78 Å². The number of Topliss-reactive ketones (excluding diaryl/α,β-unsaturated/α-hetero) is 1. The summed E-state index contributed by atoms with van der Waals surface area (Å²) >= 11 is 0. The molecule has 35 heavy (non-hydrogen) atoms. The van der Waals surface area contributed by atoms with Crippen molar-refractivity contribution in [1.29, 1.82) is 0 Å². The van der Waals surface area contributed by atoms with Crippen LogP contribution in [0.4, 0.5) is 0 Å². The molecule has 1 N–H and O–H groups in total. The number of allylic oxidation sites excluding steroid dienone is 1. The number of para-hydroxylation sites is 1. The van der Waals surface area contributed by atoms with Gasteiger partial charge in [-0.2, -0.15) is 0 Å². The van der Waals surface area contributed by atoms with E-state index in [-0.39, 0.29) is 19.2 Å². The number of ether oxygens (including phenoxy) is 3. The number of fused-ring (bicyclic) bond motifs is 3. The average molecular weight is 466 g/mol. The molecule has 174 valence electrons. The Kier molecular flexibility index (Phi) is 5.29. The highest BCUT2D eigenvalue weighted by atomic mass is 16.7. The summed E-state index contributed by atoms with van der Waals surface area (Å²) in [6.45, 7) is -0.103. The number of nitrogens with one attached hydrogen (secondary N) is 1. The van der Waals surface area contributed by atoms with Crippen molar-refractivity contribution in [3.63, 3.8) is 0 Å². The van der Waals surface area contributed by atoms with Crippen molar-refractivity contribution in [2.24, 2.45) is 0 Å². The van der Waals surface area contributed by atoms with Gasteiger partial charge in [0.1, 0.15) is 0 Å². The highest BCUT2D eigenvalue weighted by Crippen LogP contribution is 2.38. The van der Waals surface area contributed by atoms with Gasteiger partial charge in [-0.3, -0.25) is 4.79 Å². The Bertz CT molecular complexity index is 1490. The van der Waals surface area contributed by atoms with Gasteiger partial charge in [-0.1, -0.05) is 24.3 Å². The van der Waals surface area contributed by atoms with Crippen LogP contribution in [0.15, 0.2) is 60.8 Å². The number of carbonyl (C=O) groups is 2. The Labute approximate surface area is 201 Å². The molecule has 4 aromatic rings. The molecule has 0 fully saturated rings. The van der Waals surface area contributed by atoms with Gasteiger partial charge in [0.25, 0.3) is 0 Å². The van der Waals surface area contributed by atoms with E-state index in [1.54, 1.807) is 18.3 Å². The van der Waals surface area contributed by atoms with Crippen LogP contribution in [0.1, 0.15) is 50.5 Å². The van der Waals surface area contributed by atoms with Crippen LogP contribution in [0.5, 0.6) is 11.5 Å². The second kappa shape index (κ2) is 8.76. The fourth-order valence-electron chi connectivity index (χ4n) is 4.70. The number of ketones is 1. The SMILES string of the molecule is O=C(COC(=O)c1c2c(nc3ccccc13)C(=Cc1ccc3c(c1)OCO3)CCC2)c1ccc[nH]1. The minimum Gasteiger partial charge on any atom is -0.454 e. The number of aromatic nitrogens is 2. The lowest BCUT2D eigenvalue weighted by Gasteiger charge is -2.22. The Morgan fingerprint density at radius 1 is 1.03 bits per heavy atom.